The smallest absolute Gasteiger partial charge is 0.416 e. The van der Waals surface area contributed by atoms with Gasteiger partial charge in [0.15, 0.2) is 8.24 Å². The number of hydrogen-bond acceptors (Lipinski definition) is 7. The van der Waals surface area contributed by atoms with Crippen molar-refractivity contribution in [3.63, 3.8) is 0 Å². The zero-order valence-electron chi connectivity index (χ0n) is 28.3. The second-order valence-electron chi connectivity index (χ2n) is 12.6. The Morgan fingerprint density at radius 1 is 1.00 bits per heavy atom. The number of hydrogen-bond donors (Lipinski definition) is 0. The molecule has 0 spiro atoms. The van der Waals surface area contributed by atoms with Gasteiger partial charge >= 0.3 is 6.18 Å². The molecule has 0 fully saturated rings. The van der Waals surface area contributed by atoms with Crippen molar-refractivity contribution in [1.29, 1.82) is 0 Å². The van der Waals surface area contributed by atoms with Gasteiger partial charge in [0.05, 0.1) is 40.0 Å². The molecule has 0 aliphatic rings. The molecule has 9 nitrogen and oxygen atoms in total. The number of alkyl halides is 3. The van der Waals surface area contributed by atoms with Crippen LogP contribution < -0.4 is 9.04 Å². The van der Waals surface area contributed by atoms with Crippen LogP contribution in [0.3, 0.4) is 0 Å². The number of fused-ring (bicyclic) bond motifs is 1. The summed E-state index contributed by atoms with van der Waals surface area (Å²) in [5, 5.41) is 0.465. The summed E-state index contributed by atoms with van der Waals surface area (Å²) in [6, 6.07) is 5.70. The third kappa shape index (κ3) is 6.35. The van der Waals surface area contributed by atoms with Gasteiger partial charge in [0, 0.05) is 18.7 Å². The van der Waals surface area contributed by atoms with Crippen molar-refractivity contribution in [2.45, 2.75) is 76.2 Å². The molecule has 260 valence electrons. The van der Waals surface area contributed by atoms with Crippen molar-refractivity contribution in [2.24, 2.45) is 0 Å². The number of aryl methyl sites for hydroxylation is 1. The van der Waals surface area contributed by atoms with E-state index in [-0.39, 0.29) is 33.3 Å². The van der Waals surface area contributed by atoms with Gasteiger partial charge in [-0.25, -0.2) is 22.7 Å². The van der Waals surface area contributed by atoms with Crippen LogP contribution in [0.25, 0.3) is 11.0 Å². The molecule has 0 amide bonds. The quantitative estimate of drug-likeness (QED) is 0.0820. The molecule has 4 rings (SSSR count). The molecule has 0 aliphatic heterocycles. The van der Waals surface area contributed by atoms with Crippen LogP contribution in [0.2, 0.25) is 21.6 Å². The molecule has 0 bridgehead atoms. The summed E-state index contributed by atoms with van der Waals surface area (Å²) in [4.78, 5) is 23.0. The minimum absolute atomic E-state index is 0.0164. The molecule has 1 aromatic carbocycles. The van der Waals surface area contributed by atoms with Crippen LogP contribution in [0.4, 0.5) is 18.9 Å². The Hall–Kier alpha value is -3.46. The fourth-order valence-corrected chi connectivity index (χ4v) is 15.2. The molecule has 0 saturated carbocycles. The highest BCUT2D eigenvalue weighted by atomic mass is 35.5. The highest BCUT2D eigenvalue weighted by molar-refractivity contribution is 7.92. The second kappa shape index (κ2) is 13.8. The summed E-state index contributed by atoms with van der Waals surface area (Å²) in [6.45, 7) is 13.8. The normalized spacial score (nSPS) is 12.8. The zero-order valence-corrected chi connectivity index (χ0v) is 30.9. The Kier molecular flexibility index (Phi) is 10.7. The van der Waals surface area contributed by atoms with E-state index in [1.54, 1.807) is 6.07 Å². The summed E-state index contributed by atoms with van der Waals surface area (Å²) in [5.41, 5.74) is -0.264. The van der Waals surface area contributed by atoms with E-state index in [1.165, 1.54) is 39.6 Å². The number of ether oxygens (including phenoxy) is 2. The number of rotatable bonds is 12. The third-order valence-electron chi connectivity index (χ3n) is 8.98. The number of sulfonamides is 1. The summed E-state index contributed by atoms with van der Waals surface area (Å²) in [6.07, 6.45) is -0.209. The predicted octanol–water partition coefficient (Wildman–Crippen LogP) is 8.47. The standard InChI is InChI=1S/C33H40ClF3N4O5SSi/c1-19(2)48(20(3)4,21(5)6)41-13-12-25-29(28(46-9)17-39-32(25)41)31(42)30-27(14-23(34)16-38-30)40(18-45-8)47(43,44)24-11-10-22(7)26(15-24)33(35,36)37/h10-17,19-21H,18H2,1-9H3. The van der Waals surface area contributed by atoms with E-state index in [0.717, 1.165) is 12.1 Å². The number of pyridine rings is 2. The maximum Gasteiger partial charge on any atom is 0.416 e. The SMILES string of the molecule is COCN(c1cc(Cl)cnc1C(=O)c1c(OC)cnc2c1ccn2[Si](C(C)C)(C(C)C)C(C)C)S(=O)(=O)c1ccc(C)c(C(F)(F)F)c1. The van der Waals surface area contributed by atoms with Crippen molar-refractivity contribution in [1.82, 2.24) is 14.2 Å². The van der Waals surface area contributed by atoms with Gasteiger partial charge in [-0.15, -0.1) is 0 Å². The Morgan fingerprint density at radius 2 is 1.62 bits per heavy atom. The Bertz CT molecular complexity index is 1930. The highest BCUT2D eigenvalue weighted by Gasteiger charge is 2.46. The molecule has 0 aliphatic carbocycles. The topological polar surface area (TPSA) is 104 Å². The minimum Gasteiger partial charge on any atom is -0.494 e. The van der Waals surface area contributed by atoms with Crippen LogP contribution in [0.5, 0.6) is 5.75 Å². The lowest BCUT2D eigenvalue weighted by Crippen LogP contribution is -2.51. The number of methoxy groups -OCH3 is 2. The molecule has 4 aromatic rings. The average Bonchev–Trinajstić information content (AvgIpc) is 3.42. The van der Waals surface area contributed by atoms with Crippen molar-refractivity contribution < 1.29 is 35.9 Å². The Morgan fingerprint density at radius 3 is 2.17 bits per heavy atom. The summed E-state index contributed by atoms with van der Waals surface area (Å²) >= 11 is 6.29. The van der Waals surface area contributed by atoms with E-state index in [2.05, 4.69) is 50.8 Å². The van der Waals surface area contributed by atoms with Crippen LogP contribution in [0.15, 0.2) is 53.8 Å². The van der Waals surface area contributed by atoms with E-state index in [4.69, 9.17) is 26.1 Å². The monoisotopic (exact) mass is 724 g/mol. The first-order valence-electron chi connectivity index (χ1n) is 15.3. The molecule has 3 heterocycles. The first kappa shape index (κ1) is 37.4. The van der Waals surface area contributed by atoms with Gasteiger partial charge in [-0.2, -0.15) is 13.2 Å². The number of nitrogens with zero attached hydrogens (tertiary/aromatic N) is 4. The molecule has 15 heteroatoms. The summed E-state index contributed by atoms with van der Waals surface area (Å²) in [7, 11) is -4.48. The predicted molar refractivity (Wildman–Crippen MR) is 183 cm³/mol. The maximum atomic E-state index is 14.6. The first-order valence-corrected chi connectivity index (χ1v) is 19.3. The van der Waals surface area contributed by atoms with Crippen molar-refractivity contribution in [3.8, 4) is 5.75 Å². The van der Waals surface area contributed by atoms with Crippen LogP contribution in [-0.4, -0.2) is 57.6 Å². The van der Waals surface area contributed by atoms with Gasteiger partial charge in [-0.3, -0.25) is 4.79 Å². The number of carbonyl (C=O) groups is 1. The molecular formula is C33H40ClF3N4O5SSi. The lowest BCUT2D eigenvalue weighted by Gasteiger charge is -2.44. The first-order chi connectivity index (χ1) is 22.3. The zero-order chi connectivity index (χ0) is 35.9. The lowest BCUT2D eigenvalue weighted by atomic mass is 10.0. The highest BCUT2D eigenvalue weighted by Crippen LogP contribution is 2.45. The van der Waals surface area contributed by atoms with E-state index in [9.17, 15) is 26.4 Å². The van der Waals surface area contributed by atoms with Crippen LogP contribution in [-0.2, 0) is 20.9 Å². The van der Waals surface area contributed by atoms with Crippen molar-refractivity contribution >= 4 is 52.4 Å². The molecule has 0 radical (unpaired) electrons. The molecular weight excluding hydrogens is 685 g/mol. The van der Waals surface area contributed by atoms with Gasteiger partial charge in [-0.05, 0) is 59.6 Å². The third-order valence-corrected chi connectivity index (χ3v) is 17.7. The van der Waals surface area contributed by atoms with E-state index in [0.29, 0.717) is 38.0 Å². The van der Waals surface area contributed by atoms with Crippen LogP contribution in [0, 0.1) is 6.92 Å². The number of aromatic nitrogens is 3. The Balaban J connectivity index is 1.99. The summed E-state index contributed by atoms with van der Waals surface area (Å²) in [5.74, 6) is -0.570. The van der Waals surface area contributed by atoms with Crippen molar-refractivity contribution in [2.75, 3.05) is 25.3 Å². The fourth-order valence-electron chi connectivity index (χ4n) is 7.10. The van der Waals surface area contributed by atoms with Gasteiger partial charge in [0.1, 0.15) is 23.8 Å². The number of anilines is 1. The maximum absolute atomic E-state index is 14.6. The van der Waals surface area contributed by atoms with E-state index in [1.807, 2.05) is 6.20 Å². The molecule has 3 aromatic heterocycles. The number of benzene rings is 1. The summed E-state index contributed by atoms with van der Waals surface area (Å²) < 4.78 is 83.1. The fraction of sp³-hybridized carbons (Fsp3) is 0.424. The van der Waals surface area contributed by atoms with E-state index >= 15 is 0 Å². The lowest BCUT2D eigenvalue weighted by molar-refractivity contribution is -0.138. The van der Waals surface area contributed by atoms with E-state index < -0.39 is 47.4 Å². The number of halogens is 4. The molecule has 0 saturated heterocycles. The van der Waals surface area contributed by atoms with Gasteiger partial charge in [-0.1, -0.05) is 59.2 Å². The Labute approximate surface area is 285 Å². The largest absolute Gasteiger partial charge is 0.494 e. The van der Waals surface area contributed by atoms with Crippen LogP contribution >= 0.6 is 11.6 Å². The van der Waals surface area contributed by atoms with Gasteiger partial charge in [0.25, 0.3) is 10.0 Å². The molecule has 0 N–H and O–H groups in total. The van der Waals surface area contributed by atoms with Gasteiger partial charge < -0.3 is 13.7 Å². The minimum atomic E-state index is -4.80. The van der Waals surface area contributed by atoms with Crippen LogP contribution in [0.1, 0.15) is 68.7 Å². The van der Waals surface area contributed by atoms with Gasteiger partial charge in [0.2, 0.25) is 5.78 Å². The molecule has 48 heavy (non-hydrogen) atoms. The molecule has 0 unspecified atom stereocenters. The number of ketones is 1. The van der Waals surface area contributed by atoms with Crippen molar-refractivity contribution in [3.05, 3.63) is 76.3 Å². The number of carbonyl (C=O) groups excluding carboxylic acids is 1. The second-order valence-corrected chi connectivity index (χ2v) is 20.6. The molecule has 0 atom stereocenters. The average molecular weight is 725 g/mol.